The van der Waals surface area contributed by atoms with Crippen molar-refractivity contribution in [2.75, 3.05) is 6.61 Å². The fraction of sp³-hybridized carbons (Fsp3) is 0.296. The number of hydrogen-bond acceptors (Lipinski definition) is 6. The van der Waals surface area contributed by atoms with E-state index >= 15 is 0 Å². The van der Waals surface area contributed by atoms with Crippen LogP contribution in [0.25, 0.3) is 38.9 Å². The first-order valence-electron chi connectivity index (χ1n) is 12.0. The Balaban J connectivity index is 1.74. The lowest BCUT2D eigenvalue weighted by Gasteiger charge is -2.10. The maximum Gasteiger partial charge on any atom is 0.338 e. The van der Waals surface area contributed by atoms with E-state index in [1.54, 1.807) is 16.7 Å². The van der Waals surface area contributed by atoms with E-state index in [0.29, 0.717) is 52.3 Å². The molecule has 0 saturated carbocycles. The van der Waals surface area contributed by atoms with Gasteiger partial charge in [0, 0.05) is 12.2 Å². The van der Waals surface area contributed by atoms with Gasteiger partial charge in [-0.1, -0.05) is 32.4 Å². The minimum Gasteiger partial charge on any atom is -0.462 e. The normalized spacial score (nSPS) is 11.5. The van der Waals surface area contributed by atoms with E-state index in [9.17, 15) is 9.59 Å². The first-order chi connectivity index (χ1) is 17.0. The molecule has 0 radical (unpaired) electrons. The molecule has 178 valence electrons. The van der Waals surface area contributed by atoms with Gasteiger partial charge in [0.25, 0.3) is 5.56 Å². The van der Waals surface area contributed by atoms with Gasteiger partial charge in [0.15, 0.2) is 11.3 Å². The van der Waals surface area contributed by atoms with E-state index in [1.807, 2.05) is 61.7 Å². The molecule has 0 spiro atoms. The van der Waals surface area contributed by atoms with E-state index < -0.39 is 0 Å². The second kappa shape index (κ2) is 9.29. The second-order valence-corrected chi connectivity index (χ2v) is 8.57. The number of aryl methyl sites for hydroxylation is 1. The zero-order valence-electron chi connectivity index (χ0n) is 20.1. The smallest absolute Gasteiger partial charge is 0.338 e. The number of carbonyl (C=O) groups excluding carboxylic acids is 1. The van der Waals surface area contributed by atoms with Crippen molar-refractivity contribution in [3.63, 3.8) is 0 Å². The Labute approximate surface area is 202 Å². The van der Waals surface area contributed by atoms with Crippen molar-refractivity contribution in [3.8, 4) is 5.69 Å². The molecule has 2 aromatic carbocycles. The van der Waals surface area contributed by atoms with Crippen molar-refractivity contribution in [3.05, 3.63) is 70.3 Å². The van der Waals surface area contributed by atoms with Crippen molar-refractivity contribution in [1.29, 1.82) is 0 Å². The van der Waals surface area contributed by atoms with Crippen LogP contribution in [-0.4, -0.2) is 36.7 Å². The zero-order valence-corrected chi connectivity index (χ0v) is 20.1. The Morgan fingerprint density at radius 1 is 0.914 bits per heavy atom. The summed E-state index contributed by atoms with van der Waals surface area (Å²) in [6.07, 6.45) is 2.61. The van der Waals surface area contributed by atoms with Crippen LogP contribution in [0.4, 0.5) is 0 Å². The largest absolute Gasteiger partial charge is 0.462 e. The van der Waals surface area contributed by atoms with Gasteiger partial charge in [-0.15, -0.1) is 0 Å². The molecule has 0 N–H and O–H groups in total. The molecule has 0 atom stereocenters. The van der Waals surface area contributed by atoms with Crippen LogP contribution in [0.2, 0.25) is 0 Å². The van der Waals surface area contributed by atoms with Crippen LogP contribution in [0.15, 0.2) is 53.3 Å². The van der Waals surface area contributed by atoms with Crippen molar-refractivity contribution in [2.24, 2.45) is 0 Å². The zero-order chi connectivity index (χ0) is 24.5. The lowest BCUT2D eigenvalue weighted by molar-refractivity contribution is 0.0500. The third kappa shape index (κ3) is 3.95. The monoisotopic (exact) mass is 469 g/mol. The maximum atomic E-state index is 13.6. The molecule has 8 nitrogen and oxygen atoms in total. The van der Waals surface area contributed by atoms with E-state index in [1.165, 1.54) is 0 Å². The maximum absolute atomic E-state index is 13.6. The molecule has 5 aromatic rings. The van der Waals surface area contributed by atoms with Crippen LogP contribution in [0.3, 0.4) is 0 Å². The molecule has 0 saturated heterocycles. The van der Waals surface area contributed by atoms with Gasteiger partial charge >= 0.3 is 5.97 Å². The Morgan fingerprint density at radius 2 is 1.63 bits per heavy atom. The molecule has 0 unspecified atom stereocenters. The number of aromatic nitrogens is 5. The van der Waals surface area contributed by atoms with Gasteiger partial charge in [-0.05, 0) is 56.2 Å². The highest BCUT2D eigenvalue weighted by atomic mass is 16.5. The lowest BCUT2D eigenvalue weighted by atomic mass is 10.2. The SMILES string of the molecule is CCCCOC(=O)c1ccc(-n2c3nc4ccccc4nc3c3c(=O)n(CCC)c(C)nc32)cc1. The minimum absolute atomic E-state index is 0.126. The van der Waals surface area contributed by atoms with E-state index in [4.69, 9.17) is 19.7 Å². The summed E-state index contributed by atoms with van der Waals surface area (Å²) in [7, 11) is 0. The summed E-state index contributed by atoms with van der Waals surface area (Å²) in [4.78, 5) is 40.5. The van der Waals surface area contributed by atoms with Crippen LogP contribution in [0, 0.1) is 6.92 Å². The topological polar surface area (TPSA) is 91.9 Å². The summed E-state index contributed by atoms with van der Waals surface area (Å²) < 4.78 is 8.87. The fourth-order valence-corrected chi connectivity index (χ4v) is 4.30. The third-order valence-corrected chi connectivity index (χ3v) is 6.09. The van der Waals surface area contributed by atoms with Gasteiger partial charge in [0.05, 0.1) is 23.2 Å². The highest BCUT2D eigenvalue weighted by Gasteiger charge is 2.22. The predicted molar refractivity (Wildman–Crippen MR) is 136 cm³/mol. The van der Waals surface area contributed by atoms with Crippen LogP contribution in [0.5, 0.6) is 0 Å². The van der Waals surface area contributed by atoms with Crippen LogP contribution >= 0.6 is 0 Å². The number of esters is 1. The highest BCUT2D eigenvalue weighted by molar-refractivity contribution is 6.06. The van der Waals surface area contributed by atoms with E-state index in [0.717, 1.165) is 30.5 Å². The number of nitrogens with zero attached hydrogens (tertiary/aromatic N) is 5. The molecule has 8 heteroatoms. The molecule has 0 bridgehead atoms. The van der Waals surface area contributed by atoms with Gasteiger partial charge in [0.2, 0.25) is 0 Å². The molecular formula is C27H27N5O3. The lowest BCUT2D eigenvalue weighted by Crippen LogP contribution is -2.24. The third-order valence-electron chi connectivity index (χ3n) is 6.09. The Hall–Kier alpha value is -4.07. The summed E-state index contributed by atoms with van der Waals surface area (Å²) in [6, 6.07) is 14.7. The number of benzene rings is 2. The first kappa shape index (κ1) is 22.7. The van der Waals surface area contributed by atoms with Crippen molar-refractivity contribution >= 4 is 39.2 Å². The summed E-state index contributed by atoms with van der Waals surface area (Å²) in [6.45, 7) is 6.90. The van der Waals surface area contributed by atoms with Gasteiger partial charge < -0.3 is 4.74 Å². The number of fused-ring (bicyclic) bond motifs is 4. The predicted octanol–water partition coefficient (Wildman–Crippen LogP) is 4.96. The number of para-hydroxylation sites is 2. The number of hydrogen-bond donors (Lipinski definition) is 0. The quantitative estimate of drug-likeness (QED) is 0.247. The Kier molecular flexibility index (Phi) is 6.03. The number of ether oxygens (including phenoxy) is 1. The molecule has 3 heterocycles. The van der Waals surface area contributed by atoms with Gasteiger partial charge in [-0.3, -0.25) is 13.9 Å². The number of rotatable bonds is 7. The van der Waals surface area contributed by atoms with Crippen LogP contribution < -0.4 is 5.56 Å². The summed E-state index contributed by atoms with van der Waals surface area (Å²) in [5.74, 6) is 0.281. The molecule has 0 aliphatic heterocycles. The van der Waals surface area contributed by atoms with Gasteiger partial charge in [-0.25, -0.2) is 19.7 Å². The van der Waals surface area contributed by atoms with Crippen LogP contribution in [0.1, 0.15) is 49.3 Å². The number of unbranched alkanes of at least 4 members (excludes halogenated alkanes) is 1. The second-order valence-electron chi connectivity index (χ2n) is 8.57. The first-order valence-corrected chi connectivity index (χ1v) is 12.0. The average Bonchev–Trinajstić information content (AvgIpc) is 3.18. The van der Waals surface area contributed by atoms with E-state index in [-0.39, 0.29) is 11.5 Å². The average molecular weight is 470 g/mol. The van der Waals surface area contributed by atoms with Crippen molar-refractivity contribution in [2.45, 2.75) is 46.6 Å². The molecule has 3 aromatic heterocycles. The molecule has 0 amide bonds. The van der Waals surface area contributed by atoms with Gasteiger partial charge in [0.1, 0.15) is 16.7 Å². The molecular weight excluding hydrogens is 442 g/mol. The summed E-state index contributed by atoms with van der Waals surface area (Å²) in [5.41, 5.74) is 4.09. The molecule has 0 aliphatic carbocycles. The Bertz CT molecular complexity index is 1620. The number of carbonyl (C=O) groups is 1. The van der Waals surface area contributed by atoms with Gasteiger partial charge in [-0.2, -0.15) is 0 Å². The summed E-state index contributed by atoms with van der Waals surface area (Å²) >= 11 is 0. The Morgan fingerprint density at radius 3 is 2.31 bits per heavy atom. The highest BCUT2D eigenvalue weighted by Crippen LogP contribution is 2.29. The van der Waals surface area contributed by atoms with Crippen molar-refractivity contribution in [1.82, 2.24) is 24.1 Å². The standard InChI is InChI=1S/C27H27N5O3/c1-4-6-16-35-27(34)18-11-13-19(14-12-18)32-24-22(26(33)31(15-5-2)17(3)28-24)23-25(32)30-21-10-8-7-9-20(21)29-23/h7-14H,4-6,15-16H2,1-3H3. The summed E-state index contributed by atoms with van der Waals surface area (Å²) in [5, 5.41) is 0.445. The molecule has 5 rings (SSSR count). The molecule has 35 heavy (non-hydrogen) atoms. The minimum atomic E-state index is -0.352. The molecule has 0 fully saturated rings. The van der Waals surface area contributed by atoms with Crippen LogP contribution in [-0.2, 0) is 11.3 Å². The van der Waals surface area contributed by atoms with Crippen molar-refractivity contribution < 1.29 is 9.53 Å². The molecule has 0 aliphatic rings. The fourth-order valence-electron chi connectivity index (χ4n) is 4.30. The van der Waals surface area contributed by atoms with E-state index in [2.05, 4.69) is 0 Å².